The first-order valence-corrected chi connectivity index (χ1v) is 11.6. The fourth-order valence-electron chi connectivity index (χ4n) is 5.22. The number of ether oxygens (including phenoxy) is 4. The molecule has 35 heavy (non-hydrogen) atoms. The number of amides is 1. The zero-order valence-electron chi connectivity index (χ0n) is 19.6. The zero-order chi connectivity index (χ0) is 24.6. The number of likely N-dealkylation sites (tertiary alicyclic amines) is 1. The molecule has 0 saturated carbocycles. The summed E-state index contributed by atoms with van der Waals surface area (Å²) in [6.45, 7) is 0.762. The highest BCUT2D eigenvalue weighted by molar-refractivity contribution is 5.91. The van der Waals surface area contributed by atoms with Gasteiger partial charge in [-0.2, -0.15) is 0 Å². The third kappa shape index (κ3) is 4.30. The first-order chi connectivity index (χ1) is 16.9. The molecule has 0 N–H and O–H groups in total. The summed E-state index contributed by atoms with van der Waals surface area (Å²) in [7, 11) is 2.94. The van der Waals surface area contributed by atoms with Crippen molar-refractivity contribution in [2.24, 2.45) is 11.8 Å². The number of hydrogen-bond acceptors (Lipinski definition) is 7. The van der Waals surface area contributed by atoms with Crippen molar-refractivity contribution in [1.82, 2.24) is 4.90 Å². The van der Waals surface area contributed by atoms with Crippen LogP contribution >= 0.6 is 0 Å². The first kappa shape index (κ1) is 23.1. The van der Waals surface area contributed by atoms with Gasteiger partial charge in [-0.3, -0.25) is 14.4 Å². The van der Waals surface area contributed by atoms with Crippen LogP contribution in [0.25, 0.3) is 0 Å². The fraction of sp³-hybridized carbons (Fsp3) is 0.370. The van der Waals surface area contributed by atoms with Gasteiger partial charge in [0.2, 0.25) is 5.91 Å². The first-order valence-electron chi connectivity index (χ1n) is 11.6. The molecular weight excluding hydrogens is 450 g/mol. The number of carbonyl (C=O) groups is 3. The van der Waals surface area contributed by atoms with Crippen molar-refractivity contribution in [2.75, 3.05) is 20.8 Å². The van der Waals surface area contributed by atoms with Gasteiger partial charge in [0.15, 0.2) is 0 Å². The van der Waals surface area contributed by atoms with E-state index in [-0.39, 0.29) is 18.3 Å². The van der Waals surface area contributed by atoms with Crippen LogP contribution in [0.3, 0.4) is 0 Å². The van der Waals surface area contributed by atoms with Gasteiger partial charge in [0.25, 0.3) is 0 Å². The average molecular weight is 478 g/mol. The van der Waals surface area contributed by atoms with Gasteiger partial charge in [0.05, 0.1) is 32.8 Å². The summed E-state index contributed by atoms with van der Waals surface area (Å²) < 4.78 is 21.6. The molecule has 2 aromatic carbocycles. The van der Waals surface area contributed by atoms with Crippen LogP contribution in [0.15, 0.2) is 60.7 Å². The monoisotopic (exact) mass is 477 g/mol. The van der Waals surface area contributed by atoms with Gasteiger partial charge >= 0.3 is 11.9 Å². The Kier molecular flexibility index (Phi) is 6.06. The lowest BCUT2D eigenvalue weighted by Gasteiger charge is -2.22. The van der Waals surface area contributed by atoms with Gasteiger partial charge in [-0.1, -0.05) is 36.4 Å². The molecule has 4 unspecified atom stereocenters. The highest BCUT2D eigenvalue weighted by Gasteiger charge is 2.67. The van der Waals surface area contributed by atoms with Gasteiger partial charge in [-0.05, 0) is 41.8 Å². The van der Waals surface area contributed by atoms with Crippen molar-refractivity contribution < 1.29 is 33.3 Å². The lowest BCUT2D eigenvalue weighted by atomic mass is 9.77. The van der Waals surface area contributed by atoms with Gasteiger partial charge < -0.3 is 23.8 Å². The SMILES string of the molecule is COC(=O)C1C2C=CC3(CN(Cc4ccc(OC(=O)CCc5ccc(OC)cc5)cc4)C(=O)C13)O2. The number of carbonyl (C=O) groups excluding carboxylic acids is 3. The zero-order valence-corrected chi connectivity index (χ0v) is 19.6. The molecule has 2 fully saturated rings. The molecule has 2 aromatic rings. The Morgan fingerprint density at radius 3 is 2.40 bits per heavy atom. The van der Waals surface area contributed by atoms with Crippen LogP contribution in [-0.4, -0.2) is 55.2 Å². The Labute approximate surface area is 203 Å². The Hall–Kier alpha value is -3.65. The van der Waals surface area contributed by atoms with Crippen molar-refractivity contribution in [2.45, 2.75) is 31.1 Å². The maximum absolute atomic E-state index is 13.2. The summed E-state index contributed by atoms with van der Waals surface area (Å²) in [6.07, 6.45) is 4.19. The minimum absolute atomic E-state index is 0.110. The number of rotatable bonds is 8. The highest BCUT2D eigenvalue weighted by Crippen LogP contribution is 2.52. The average Bonchev–Trinajstić information content (AvgIpc) is 3.52. The maximum Gasteiger partial charge on any atom is 0.312 e. The fourth-order valence-corrected chi connectivity index (χ4v) is 5.22. The maximum atomic E-state index is 13.2. The standard InChI is InChI=1S/C27H27NO7/c1-32-19-8-3-17(4-9-19)7-12-22(29)34-20-10-5-18(6-11-20)15-28-16-27-14-13-21(35-27)23(26(31)33-2)24(27)25(28)30/h3-6,8-11,13-14,21,23-24H,7,12,15-16H2,1-2H3. The Balaban J connectivity index is 1.16. The Morgan fingerprint density at radius 2 is 1.71 bits per heavy atom. The van der Waals surface area contributed by atoms with Crippen molar-refractivity contribution in [3.8, 4) is 11.5 Å². The Morgan fingerprint density at radius 1 is 1.03 bits per heavy atom. The molecule has 0 aromatic heterocycles. The van der Waals surface area contributed by atoms with Gasteiger partial charge in [0, 0.05) is 13.0 Å². The highest BCUT2D eigenvalue weighted by atomic mass is 16.5. The van der Waals surface area contributed by atoms with E-state index >= 15 is 0 Å². The van der Waals surface area contributed by atoms with Crippen molar-refractivity contribution in [3.05, 3.63) is 71.8 Å². The molecule has 2 saturated heterocycles. The van der Waals surface area contributed by atoms with Crippen LogP contribution in [0.2, 0.25) is 0 Å². The van der Waals surface area contributed by atoms with E-state index in [1.54, 1.807) is 24.1 Å². The molecule has 2 bridgehead atoms. The third-order valence-electron chi connectivity index (χ3n) is 6.96. The van der Waals surface area contributed by atoms with E-state index in [4.69, 9.17) is 18.9 Å². The minimum Gasteiger partial charge on any atom is -0.497 e. The van der Waals surface area contributed by atoms with E-state index < -0.39 is 29.5 Å². The molecule has 182 valence electrons. The number of aryl methyl sites for hydroxylation is 1. The van der Waals surface area contributed by atoms with E-state index in [2.05, 4.69) is 0 Å². The molecule has 0 aliphatic carbocycles. The second-order valence-electron chi connectivity index (χ2n) is 9.08. The molecule has 3 aliphatic heterocycles. The molecule has 0 radical (unpaired) electrons. The summed E-state index contributed by atoms with van der Waals surface area (Å²) in [5.41, 5.74) is 1.15. The summed E-state index contributed by atoms with van der Waals surface area (Å²) in [5, 5.41) is 0. The van der Waals surface area contributed by atoms with Crippen LogP contribution in [0.4, 0.5) is 0 Å². The molecule has 1 amide bonds. The minimum atomic E-state index is -0.764. The molecule has 3 aliphatic rings. The van der Waals surface area contributed by atoms with Crippen LogP contribution in [0.1, 0.15) is 17.5 Å². The second kappa shape index (κ2) is 9.19. The molecule has 5 rings (SSSR count). The predicted octanol–water partition coefficient (Wildman–Crippen LogP) is 2.69. The molecule has 3 heterocycles. The van der Waals surface area contributed by atoms with Gasteiger partial charge in [-0.15, -0.1) is 0 Å². The number of esters is 2. The van der Waals surface area contributed by atoms with Crippen LogP contribution in [-0.2, 0) is 36.8 Å². The smallest absolute Gasteiger partial charge is 0.312 e. The number of fused-ring (bicyclic) bond motifs is 1. The lowest BCUT2D eigenvalue weighted by molar-refractivity contribution is -0.151. The van der Waals surface area contributed by atoms with Gasteiger partial charge in [0.1, 0.15) is 23.0 Å². The molecule has 4 atom stereocenters. The molecule has 8 heteroatoms. The van der Waals surface area contributed by atoms with Gasteiger partial charge in [-0.25, -0.2) is 0 Å². The van der Waals surface area contributed by atoms with Crippen LogP contribution < -0.4 is 9.47 Å². The summed E-state index contributed by atoms with van der Waals surface area (Å²) in [4.78, 5) is 39.4. The number of nitrogens with zero attached hydrogens (tertiary/aromatic N) is 1. The van der Waals surface area contributed by atoms with Crippen molar-refractivity contribution in [1.29, 1.82) is 0 Å². The number of hydrogen-bond donors (Lipinski definition) is 0. The molecule has 8 nitrogen and oxygen atoms in total. The largest absolute Gasteiger partial charge is 0.497 e. The van der Waals surface area contributed by atoms with Crippen molar-refractivity contribution >= 4 is 17.8 Å². The van der Waals surface area contributed by atoms with Crippen LogP contribution in [0, 0.1) is 11.8 Å². The normalized spacial score (nSPS) is 26.1. The van der Waals surface area contributed by atoms with E-state index in [1.165, 1.54) is 7.11 Å². The van der Waals surface area contributed by atoms with E-state index in [0.29, 0.717) is 25.3 Å². The molecular formula is C27H27NO7. The van der Waals surface area contributed by atoms with Crippen LogP contribution in [0.5, 0.6) is 11.5 Å². The van der Waals surface area contributed by atoms with E-state index in [0.717, 1.165) is 16.9 Å². The summed E-state index contributed by atoms with van der Waals surface area (Å²) in [5.74, 6) is -0.787. The lowest BCUT2D eigenvalue weighted by Crippen LogP contribution is -2.39. The number of benzene rings is 2. The van der Waals surface area contributed by atoms with Crippen molar-refractivity contribution in [3.63, 3.8) is 0 Å². The number of methoxy groups -OCH3 is 2. The quantitative estimate of drug-likeness (QED) is 0.328. The summed E-state index contributed by atoms with van der Waals surface area (Å²) in [6, 6.07) is 14.7. The third-order valence-corrected chi connectivity index (χ3v) is 6.96. The topological polar surface area (TPSA) is 91.4 Å². The predicted molar refractivity (Wildman–Crippen MR) is 125 cm³/mol. The summed E-state index contributed by atoms with van der Waals surface area (Å²) >= 11 is 0. The Bertz CT molecular complexity index is 1160. The second-order valence-corrected chi connectivity index (χ2v) is 9.08. The van der Waals surface area contributed by atoms with E-state index in [9.17, 15) is 14.4 Å². The molecule has 1 spiro atoms. The van der Waals surface area contributed by atoms with E-state index in [1.807, 2.05) is 48.6 Å².